The first-order chi connectivity index (χ1) is 14.6. The Morgan fingerprint density at radius 3 is 2.58 bits per heavy atom. The van der Waals surface area contributed by atoms with Crippen LogP contribution in [-0.2, 0) is 0 Å². The van der Waals surface area contributed by atoms with Crippen molar-refractivity contribution in [1.29, 1.82) is 0 Å². The van der Waals surface area contributed by atoms with Crippen molar-refractivity contribution in [3.8, 4) is 0 Å². The number of aliphatic hydroxyl groups excluding tert-OH is 2. The molecule has 4 aliphatic carbocycles. The smallest absolute Gasteiger partial charge is 0.0579 e. The Bertz CT molecular complexity index is 720. The molecule has 1 saturated heterocycles. The van der Waals surface area contributed by atoms with Gasteiger partial charge in [-0.05, 0) is 111 Å². The summed E-state index contributed by atoms with van der Waals surface area (Å²) in [5.74, 6) is 3.93. The van der Waals surface area contributed by atoms with Crippen LogP contribution in [0.15, 0.2) is 11.6 Å². The van der Waals surface area contributed by atoms with E-state index in [1.807, 2.05) is 0 Å². The largest absolute Gasteiger partial charge is 0.393 e. The van der Waals surface area contributed by atoms with Crippen molar-refractivity contribution in [2.75, 3.05) is 13.6 Å². The van der Waals surface area contributed by atoms with Crippen LogP contribution in [0.5, 0.6) is 0 Å². The maximum atomic E-state index is 11.5. The average molecular weight is 430 g/mol. The minimum absolute atomic E-state index is 0.126. The Kier molecular flexibility index (Phi) is 5.67. The molecule has 0 bridgehead atoms. The van der Waals surface area contributed by atoms with Crippen LogP contribution in [0, 0.1) is 46.3 Å². The Labute approximate surface area is 190 Å². The highest BCUT2D eigenvalue weighted by Gasteiger charge is 2.62. The van der Waals surface area contributed by atoms with Gasteiger partial charge in [-0.3, -0.25) is 0 Å². The van der Waals surface area contributed by atoms with Crippen molar-refractivity contribution >= 4 is 0 Å². The Morgan fingerprint density at radius 2 is 1.84 bits per heavy atom. The highest BCUT2D eigenvalue weighted by molar-refractivity contribution is 5.25. The lowest BCUT2D eigenvalue weighted by Gasteiger charge is -2.58. The molecule has 0 spiro atoms. The minimum atomic E-state index is -0.136. The van der Waals surface area contributed by atoms with E-state index >= 15 is 0 Å². The van der Waals surface area contributed by atoms with Gasteiger partial charge in [0.15, 0.2) is 0 Å². The lowest BCUT2D eigenvalue weighted by molar-refractivity contribution is -0.0725. The zero-order valence-electron chi connectivity index (χ0n) is 20.7. The quantitative estimate of drug-likeness (QED) is 0.588. The van der Waals surface area contributed by atoms with E-state index in [2.05, 4.69) is 45.7 Å². The van der Waals surface area contributed by atoms with Crippen LogP contribution in [-0.4, -0.2) is 47.0 Å². The third-order valence-electron chi connectivity index (χ3n) is 11.5. The van der Waals surface area contributed by atoms with Gasteiger partial charge in [-0.2, -0.15) is 0 Å². The van der Waals surface area contributed by atoms with E-state index in [1.165, 1.54) is 38.6 Å². The van der Waals surface area contributed by atoms with E-state index in [0.717, 1.165) is 43.4 Å². The van der Waals surface area contributed by atoms with Crippen molar-refractivity contribution in [2.45, 2.75) is 104 Å². The van der Waals surface area contributed by atoms with Crippen LogP contribution in [0.1, 0.15) is 85.5 Å². The highest BCUT2D eigenvalue weighted by atomic mass is 16.3. The van der Waals surface area contributed by atoms with E-state index < -0.39 is 0 Å². The highest BCUT2D eigenvalue weighted by Crippen LogP contribution is 2.67. The molecule has 11 atom stereocenters. The third-order valence-corrected chi connectivity index (χ3v) is 11.5. The molecule has 1 aliphatic heterocycles. The molecule has 3 heteroatoms. The van der Waals surface area contributed by atoms with Gasteiger partial charge in [0, 0.05) is 12.6 Å². The minimum Gasteiger partial charge on any atom is -0.393 e. The van der Waals surface area contributed by atoms with Gasteiger partial charge in [-0.25, -0.2) is 0 Å². The van der Waals surface area contributed by atoms with Gasteiger partial charge in [-0.1, -0.05) is 39.3 Å². The molecule has 3 saturated carbocycles. The molecular weight excluding hydrogens is 382 g/mol. The van der Waals surface area contributed by atoms with Crippen molar-refractivity contribution in [1.82, 2.24) is 4.90 Å². The van der Waals surface area contributed by atoms with Gasteiger partial charge in [0.2, 0.25) is 0 Å². The summed E-state index contributed by atoms with van der Waals surface area (Å²) in [6.07, 6.45) is 12.7. The van der Waals surface area contributed by atoms with Gasteiger partial charge < -0.3 is 15.1 Å². The van der Waals surface area contributed by atoms with Crippen LogP contribution in [0.3, 0.4) is 0 Å². The summed E-state index contributed by atoms with van der Waals surface area (Å²) in [6, 6.07) is 0.624. The topological polar surface area (TPSA) is 43.7 Å². The zero-order chi connectivity index (χ0) is 22.1. The number of allylic oxidation sites excluding steroid dienone is 1. The molecule has 0 unspecified atom stereocenters. The molecule has 0 aromatic carbocycles. The second-order valence-electron chi connectivity index (χ2n) is 13.1. The van der Waals surface area contributed by atoms with Crippen LogP contribution in [0.2, 0.25) is 0 Å². The molecule has 5 aliphatic rings. The fourth-order valence-corrected chi connectivity index (χ4v) is 9.94. The summed E-state index contributed by atoms with van der Waals surface area (Å²) in [5, 5.41) is 21.7. The summed E-state index contributed by atoms with van der Waals surface area (Å²) < 4.78 is 0. The van der Waals surface area contributed by atoms with Gasteiger partial charge in [0.05, 0.1) is 12.2 Å². The number of fused-ring (bicyclic) bond motifs is 5. The fourth-order valence-electron chi connectivity index (χ4n) is 9.94. The molecule has 176 valence electrons. The van der Waals surface area contributed by atoms with Crippen LogP contribution >= 0.6 is 0 Å². The summed E-state index contributed by atoms with van der Waals surface area (Å²) in [7, 11) is 2.32. The number of hydrogen-bond acceptors (Lipinski definition) is 3. The standard InChI is InChI=1S/C28H47NO2/c1-17-6-9-24(29(5)16-17)18(2)26-25(31)15-23-21-8-7-19-14-20(30)10-12-27(19,3)22(21)11-13-28(23,26)4/h7,17-18,20-26,30-31H,6,8-16H2,1-5H3/t17-,18+,20-,21+,22-,23-,24-,25-,26-,27-,28-/m0/s1. The molecule has 1 heterocycles. The first-order valence-electron chi connectivity index (χ1n) is 13.4. The summed E-state index contributed by atoms with van der Waals surface area (Å²) in [4.78, 5) is 2.61. The lowest BCUT2D eigenvalue weighted by Crippen LogP contribution is -2.53. The maximum absolute atomic E-state index is 11.5. The normalized spacial score (nSPS) is 53.8. The second-order valence-corrected chi connectivity index (χ2v) is 13.1. The Morgan fingerprint density at radius 1 is 1.06 bits per heavy atom. The van der Waals surface area contributed by atoms with Gasteiger partial charge in [0.1, 0.15) is 0 Å². The monoisotopic (exact) mass is 429 g/mol. The maximum Gasteiger partial charge on any atom is 0.0579 e. The summed E-state index contributed by atoms with van der Waals surface area (Å²) >= 11 is 0. The van der Waals surface area contributed by atoms with Crippen molar-refractivity contribution in [3.63, 3.8) is 0 Å². The molecule has 3 nitrogen and oxygen atoms in total. The molecule has 0 radical (unpaired) electrons. The van der Waals surface area contributed by atoms with Crippen molar-refractivity contribution in [2.24, 2.45) is 46.3 Å². The summed E-state index contributed by atoms with van der Waals surface area (Å²) in [5.41, 5.74) is 2.12. The SMILES string of the molecule is C[C@H]1CC[C@@H]([C@@H](C)[C@H]2[C@@H](O)C[C@H]3[C@@H]4CC=C5C[C@@H](O)CC[C@]5(C)[C@H]4CC[C@]23C)N(C)C1. The number of piperidine rings is 1. The predicted octanol–water partition coefficient (Wildman–Crippen LogP) is 5.26. The molecule has 4 fully saturated rings. The van der Waals surface area contributed by atoms with Crippen LogP contribution in [0.25, 0.3) is 0 Å². The number of likely N-dealkylation sites (tertiary alicyclic amines) is 1. The average Bonchev–Trinajstić information content (AvgIpc) is 2.98. The zero-order valence-corrected chi connectivity index (χ0v) is 20.7. The molecule has 5 rings (SSSR count). The van der Waals surface area contributed by atoms with Crippen molar-refractivity contribution < 1.29 is 10.2 Å². The van der Waals surface area contributed by atoms with Crippen LogP contribution < -0.4 is 0 Å². The third kappa shape index (κ3) is 3.39. The van der Waals surface area contributed by atoms with E-state index in [4.69, 9.17) is 0 Å². The number of nitrogens with zero attached hydrogens (tertiary/aromatic N) is 1. The number of hydrogen-bond donors (Lipinski definition) is 2. The molecule has 0 amide bonds. The first kappa shape index (κ1) is 22.4. The number of rotatable bonds is 2. The summed E-state index contributed by atoms with van der Waals surface area (Å²) in [6.45, 7) is 11.1. The Hall–Kier alpha value is -0.380. The van der Waals surface area contributed by atoms with E-state index in [-0.39, 0.29) is 23.0 Å². The Balaban J connectivity index is 1.40. The molecular formula is C28H47NO2. The molecule has 0 aromatic heterocycles. The van der Waals surface area contributed by atoms with E-state index in [0.29, 0.717) is 23.8 Å². The first-order valence-corrected chi connectivity index (χ1v) is 13.4. The van der Waals surface area contributed by atoms with Gasteiger partial charge >= 0.3 is 0 Å². The lowest BCUT2D eigenvalue weighted by atomic mass is 9.47. The van der Waals surface area contributed by atoms with E-state index in [9.17, 15) is 10.2 Å². The van der Waals surface area contributed by atoms with Gasteiger partial charge in [-0.15, -0.1) is 0 Å². The molecule has 31 heavy (non-hydrogen) atoms. The number of aliphatic hydroxyl groups is 2. The second kappa shape index (κ2) is 7.84. The van der Waals surface area contributed by atoms with Gasteiger partial charge in [0.25, 0.3) is 0 Å². The molecule has 2 N–H and O–H groups in total. The fraction of sp³-hybridized carbons (Fsp3) is 0.929. The van der Waals surface area contributed by atoms with Crippen molar-refractivity contribution in [3.05, 3.63) is 11.6 Å². The molecule has 0 aromatic rings. The predicted molar refractivity (Wildman–Crippen MR) is 127 cm³/mol. The van der Waals surface area contributed by atoms with E-state index in [1.54, 1.807) is 5.57 Å². The van der Waals surface area contributed by atoms with Crippen LogP contribution in [0.4, 0.5) is 0 Å².